The highest BCUT2D eigenvalue weighted by atomic mass is 14.1. The molecule has 0 atom stereocenters. The Balaban J connectivity index is 2.81. The van der Waals surface area contributed by atoms with Crippen molar-refractivity contribution in [3.63, 3.8) is 0 Å². The Kier molecular flexibility index (Phi) is 3.70. The van der Waals surface area contributed by atoms with Crippen LogP contribution in [0.3, 0.4) is 0 Å². The fourth-order valence-corrected chi connectivity index (χ4v) is 1.44. The van der Waals surface area contributed by atoms with E-state index in [1.165, 1.54) is 11.1 Å². The summed E-state index contributed by atoms with van der Waals surface area (Å²) >= 11 is 0. The van der Waals surface area contributed by atoms with Gasteiger partial charge in [-0.2, -0.15) is 0 Å². The molecule has 0 N–H and O–H groups in total. The molecule has 0 amide bonds. The fourth-order valence-electron chi connectivity index (χ4n) is 1.44. The first-order chi connectivity index (χ1) is 6.65. The van der Waals surface area contributed by atoms with Crippen LogP contribution in [0.1, 0.15) is 26.7 Å². The fraction of sp³-hybridized carbons (Fsp3) is 0.286. The van der Waals surface area contributed by atoms with Gasteiger partial charge in [-0.25, -0.2) is 0 Å². The maximum absolute atomic E-state index is 3.99. The van der Waals surface area contributed by atoms with E-state index in [0.717, 1.165) is 24.0 Å². The van der Waals surface area contributed by atoms with Crippen molar-refractivity contribution in [2.45, 2.75) is 26.7 Å². The maximum Gasteiger partial charge on any atom is -0.00916 e. The minimum absolute atomic E-state index is 1.04. The monoisotopic (exact) mass is 186 g/mol. The summed E-state index contributed by atoms with van der Waals surface area (Å²) in [5, 5.41) is 0. The quantitative estimate of drug-likeness (QED) is 0.573. The molecule has 0 nitrogen and oxygen atoms in total. The van der Waals surface area contributed by atoms with Crippen LogP contribution in [0.4, 0.5) is 0 Å². The summed E-state index contributed by atoms with van der Waals surface area (Å²) in [5.41, 5.74) is 4.87. The number of rotatable bonds is 4. The van der Waals surface area contributed by atoms with Crippen LogP contribution >= 0.6 is 0 Å². The van der Waals surface area contributed by atoms with E-state index < -0.39 is 0 Å². The molecule has 0 aromatic heterocycles. The van der Waals surface area contributed by atoms with E-state index in [-0.39, 0.29) is 0 Å². The minimum atomic E-state index is 1.04. The molecule has 0 bridgehead atoms. The van der Waals surface area contributed by atoms with E-state index in [0.29, 0.717) is 0 Å². The Labute approximate surface area is 87.0 Å². The van der Waals surface area contributed by atoms with Crippen molar-refractivity contribution in [1.29, 1.82) is 0 Å². The molecule has 1 aliphatic carbocycles. The van der Waals surface area contributed by atoms with E-state index in [1.807, 2.05) is 6.92 Å². The molecule has 0 fully saturated rings. The van der Waals surface area contributed by atoms with E-state index in [2.05, 4.69) is 44.4 Å². The van der Waals surface area contributed by atoms with Crippen LogP contribution < -0.4 is 0 Å². The predicted octanol–water partition coefficient (Wildman–Crippen LogP) is 4.34. The van der Waals surface area contributed by atoms with E-state index in [1.54, 1.807) is 0 Å². The average molecular weight is 186 g/mol. The molecular weight excluding hydrogens is 168 g/mol. The highest BCUT2D eigenvalue weighted by Crippen LogP contribution is 2.24. The lowest BCUT2D eigenvalue weighted by atomic mass is 9.98. The van der Waals surface area contributed by atoms with Gasteiger partial charge in [-0.05, 0) is 36.5 Å². The van der Waals surface area contributed by atoms with Crippen LogP contribution in [0.25, 0.3) is 0 Å². The zero-order chi connectivity index (χ0) is 10.6. The zero-order valence-electron chi connectivity index (χ0n) is 9.14. The molecule has 0 aliphatic heterocycles. The topological polar surface area (TPSA) is 0 Å². The van der Waals surface area contributed by atoms with E-state index in [9.17, 15) is 0 Å². The molecule has 74 valence electrons. The van der Waals surface area contributed by atoms with Crippen molar-refractivity contribution in [1.82, 2.24) is 0 Å². The van der Waals surface area contributed by atoms with Crippen LogP contribution in [0.15, 0.2) is 59.8 Å². The van der Waals surface area contributed by atoms with Crippen LogP contribution in [0.5, 0.6) is 0 Å². The molecule has 0 aromatic carbocycles. The number of hydrogen-bond acceptors (Lipinski definition) is 0. The van der Waals surface area contributed by atoms with Crippen molar-refractivity contribution in [2.24, 2.45) is 0 Å². The summed E-state index contributed by atoms with van der Waals surface area (Å²) < 4.78 is 0. The van der Waals surface area contributed by atoms with Gasteiger partial charge in [0.1, 0.15) is 0 Å². The summed E-state index contributed by atoms with van der Waals surface area (Å²) in [4.78, 5) is 0. The first kappa shape index (κ1) is 10.8. The molecule has 14 heavy (non-hydrogen) atoms. The van der Waals surface area contributed by atoms with Crippen molar-refractivity contribution in [3.8, 4) is 0 Å². The third-order valence-electron chi connectivity index (χ3n) is 2.46. The third-order valence-corrected chi connectivity index (χ3v) is 2.46. The Morgan fingerprint density at radius 1 is 1.50 bits per heavy atom. The summed E-state index contributed by atoms with van der Waals surface area (Å²) in [6.07, 6.45) is 10.7. The highest BCUT2D eigenvalue weighted by Gasteiger charge is 2.04. The molecule has 1 aliphatic rings. The Morgan fingerprint density at radius 3 is 2.64 bits per heavy atom. The van der Waals surface area contributed by atoms with Gasteiger partial charge in [-0.1, -0.05) is 50.0 Å². The van der Waals surface area contributed by atoms with Gasteiger partial charge in [0.15, 0.2) is 0 Å². The summed E-state index contributed by atoms with van der Waals surface area (Å²) in [7, 11) is 0. The van der Waals surface area contributed by atoms with Gasteiger partial charge in [0, 0.05) is 0 Å². The molecule has 0 aromatic rings. The average Bonchev–Trinajstić information content (AvgIpc) is 2.66. The molecule has 0 heterocycles. The van der Waals surface area contributed by atoms with Crippen molar-refractivity contribution in [2.75, 3.05) is 0 Å². The maximum atomic E-state index is 3.99. The van der Waals surface area contributed by atoms with Gasteiger partial charge in [0.05, 0.1) is 0 Å². The molecule has 1 rings (SSSR count). The number of hydrogen-bond donors (Lipinski definition) is 0. The third kappa shape index (κ3) is 2.59. The van der Waals surface area contributed by atoms with Crippen molar-refractivity contribution in [3.05, 3.63) is 59.8 Å². The molecule has 0 unspecified atom stereocenters. The standard InChI is InChI=1S/C14H18/c1-5-13(10-12(4)11(2)3)14-8-6-7-9-14/h6-8,10H,2,4-5,9H2,1,3H3/b13-10+. The molecule has 0 spiro atoms. The predicted molar refractivity (Wildman–Crippen MR) is 64.2 cm³/mol. The first-order valence-electron chi connectivity index (χ1n) is 5.06. The second-order valence-corrected chi connectivity index (χ2v) is 3.65. The molecular formula is C14H18. The number of allylic oxidation sites excluding steroid dienone is 8. The molecule has 0 saturated heterocycles. The smallest absolute Gasteiger partial charge is 0.00916 e. The Morgan fingerprint density at radius 2 is 2.21 bits per heavy atom. The highest BCUT2D eigenvalue weighted by molar-refractivity contribution is 5.46. The van der Waals surface area contributed by atoms with Gasteiger partial charge in [0.2, 0.25) is 0 Å². The zero-order valence-corrected chi connectivity index (χ0v) is 9.14. The molecule has 0 radical (unpaired) electrons. The van der Waals surface area contributed by atoms with Crippen LogP contribution in [0, 0.1) is 0 Å². The second kappa shape index (κ2) is 4.80. The van der Waals surface area contributed by atoms with Gasteiger partial charge in [-0.3, -0.25) is 0 Å². The van der Waals surface area contributed by atoms with Crippen LogP contribution in [-0.2, 0) is 0 Å². The summed E-state index contributed by atoms with van der Waals surface area (Å²) in [6.45, 7) is 12.1. The van der Waals surface area contributed by atoms with Crippen LogP contribution in [0.2, 0.25) is 0 Å². The van der Waals surface area contributed by atoms with Crippen LogP contribution in [-0.4, -0.2) is 0 Å². The van der Waals surface area contributed by atoms with Crippen molar-refractivity contribution < 1.29 is 0 Å². The second-order valence-electron chi connectivity index (χ2n) is 3.65. The van der Waals surface area contributed by atoms with Gasteiger partial charge < -0.3 is 0 Å². The summed E-state index contributed by atoms with van der Waals surface area (Å²) in [5.74, 6) is 0. The molecule has 0 saturated carbocycles. The van der Waals surface area contributed by atoms with E-state index in [4.69, 9.17) is 0 Å². The summed E-state index contributed by atoms with van der Waals surface area (Å²) in [6, 6.07) is 0. The lowest BCUT2D eigenvalue weighted by Crippen LogP contribution is -1.87. The van der Waals surface area contributed by atoms with Gasteiger partial charge >= 0.3 is 0 Å². The lowest BCUT2D eigenvalue weighted by Gasteiger charge is -2.07. The SMILES string of the molecule is C=C(C)C(=C)/C=C(\CC)C1=CC=CC1. The minimum Gasteiger partial charge on any atom is -0.0955 e. The first-order valence-corrected chi connectivity index (χ1v) is 5.06. The van der Waals surface area contributed by atoms with Gasteiger partial charge in [0.25, 0.3) is 0 Å². The molecule has 0 heteroatoms. The Hall–Kier alpha value is -1.30. The van der Waals surface area contributed by atoms with E-state index >= 15 is 0 Å². The van der Waals surface area contributed by atoms with Gasteiger partial charge in [-0.15, -0.1) is 0 Å². The van der Waals surface area contributed by atoms with Crippen molar-refractivity contribution >= 4 is 0 Å². The largest absolute Gasteiger partial charge is 0.0955 e. The lowest BCUT2D eigenvalue weighted by molar-refractivity contribution is 1.07. The Bertz CT molecular complexity index is 335. The normalized spacial score (nSPS) is 15.6.